The molecule has 0 aliphatic carbocycles. The number of likely N-dealkylation sites (N-methyl/N-ethyl adjacent to an activating group) is 1. The number of hydrogen-bond donors (Lipinski definition) is 1. The van der Waals surface area contributed by atoms with E-state index in [1.807, 2.05) is 23.9 Å². The minimum Gasteiger partial charge on any atom is -0.480 e. The van der Waals surface area contributed by atoms with E-state index in [-0.39, 0.29) is 11.4 Å². The fraction of sp³-hybridized carbons (Fsp3) is 0.357. The molecule has 7 heteroatoms. The summed E-state index contributed by atoms with van der Waals surface area (Å²) in [5.41, 5.74) is 0.920. The highest BCUT2D eigenvalue weighted by atomic mass is 32.2. The number of sulfonamides is 1. The van der Waals surface area contributed by atoms with Gasteiger partial charge in [-0.25, -0.2) is 8.42 Å². The van der Waals surface area contributed by atoms with Crippen molar-refractivity contribution in [2.75, 3.05) is 6.54 Å². The van der Waals surface area contributed by atoms with Gasteiger partial charge in [0, 0.05) is 30.7 Å². The van der Waals surface area contributed by atoms with Crippen molar-refractivity contribution < 1.29 is 18.3 Å². The van der Waals surface area contributed by atoms with E-state index in [4.69, 9.17) is 5.11 Å². The second-order valence-corrected chi connectivity index (χ2v) is 6.76. The molecule has 2 rings (SSSR count). The predicted octanol–water partition coefficient (Wildman–Crippen LogP) is 1.66. The number of fused-ring (bicyclic) bond motifs is 1. The van der Waals surface area contributed by atoms with Crippen molar-refractivity contribution >= 4 is 26.9 Å². The van der Waals surface area contributed by atoms with Crippen molar-refractivity contribution in [3.05, 3.63) is 30.5 Å². The molecule has 1 unspecified atom stereocenters. The van der Waals surface area contributed by atoms with E-state index in [0.717, 1.165) is 15.2 Å². The summed E-state index contributed by atoms with van der Waals surface area (Å²) < 4.78 is 28.1. The summed E-state index contributed by atoms with van der Waals surface area (Å²) in [5.74, 6) is -1.17. The van der Waals surface area contributed by atoms with E-state index in [1.54, 1.807) is 19.1 Å². The predicted molar refractivity (Wildman–Crippen MR) is 79.6 cm³/mol. The first kappa shape index (κ1) is 15.5. The van der Waals surface area contributed by atoms with Crippen LogP contribution in [0.25, 0.3) is 10.9 Å². The van der Waals surface area contributed by atoms with Gasteiger partial charge >= 0.3 is 5.97 Å². The van der Waals surface area contributed by atoms with Gasteiger partial charge < -0.3 is 9.67 Å². The van der Waals surface area contributed by atoms with Gasteiger partial charge in [-0.1, -0.05) is 6.92 Å². The van der Waals surface area contributed by atoms with E-state index in [9.17, 15) is 13.2 Å². The van der Waals surface area contributed by atoms with Crippen LogP contribution in [0.2, 0.25) is 0 Å². The first-order valence-corrected chi connectivity index (χ1v) is 8.02. The lowest BCUT2D eigenvalue weighted by Gasteiger charge is -2.24. The Bertz CT molecular complexity index is 779. The molecular formula is C14H18N2O4S. The lowest BCUT2D eigenvalue weighted by Crippen LogP contribution is -2.42. The number of carboxylic acids is 1. The monoisotopic (exact) mass is 310 g/mol. The SMILES string of the molecule is CCN(C(C)C(=O)O)S(=O)(=O)c1ccc2c(ccn2C)c1. The third kappa shape index (κ3) is 2.66. The Morgan fingerprint density at radius 2 is 2.05 bits per heavy atom. The van der Waals surface area contributed by atoms with Crippen LogP contribution in [-0.2, 0) is 21.9 Å². The molecule has 0 saturated heterocycles. The van der Waals surface area contributed by atoms with Crippen molar-refractivity contribution in [2.24, 2.45) is 7.05 Å². The number of aromatic nitrogens is 1. The van der Waals surface area contributed by atoms with Crippen LogP contribution in [0.4, 0.5) is 0 Å². The van der Waals surface area contributed by atoms with Crippen molar-refractivity contribution in [3.63, 3.8) is 0 Å². The van der Waals surface area contributed by atoms with Gasteiger partial charge in [0.1, 0.15) is 6.04 Å². The van der Waals surface area contributed by atoms with Crippen LogP contribution in [0.3, 0.4) is 0 Å². The van der Waals surface area contributed by atoms with Gasteiger partial charge in [0.25, 0.3) is 0 Å². The molecular weight excluding hydrogens is 292 g/mol. The summed E-state index contributed by atoms with van der Waals surface area (Å²) in [5, 5.41) is 9.86. The highest BCUT2D eigenvalue weighted by Crippen LogP contribution is 2.23. The zero-order chi connectivity index (χ0) is 15.8. The Morgan fingerprint density at radius 3 is 2.62 bits per heavy atom. The minimum atomic E-state index is -3.83. The number of hydrogen-bond acceptors (Lipinski definition) is 3. The molecule has 0 amide bonds. The van der Waals surface area contributed by atoms with E-state index < -0.39 is 22.0 Å². The molecule has 21 heavy (non-hydrogen) atoms. The Hall–Kier alpha value is -1.86. The van der Waals surface area contributed by atoms with Crippen molar-refractivity contribution in [1.29, 1.82) is 0 Å². The number of rotatable bonds is 5. The van der Waals surface area contributed by atoms with Crippen LogP contribution in [-0.4, -0.2) is 41.0 Å². The number of carboxylic acid groups (broad SMARTS) is 1. The summed E-state index contributed by atoms with van der Waals surface area (Å²) in [4.78, 5) is 11.2. The maximum absolute atomic E-state index is 12.6. The fourth-order valence-electron chi connectivity index (χ4n) is 2.33. The molecule has 0 fully saturated rings. The van der Waals surface area contributed by atoms with E-state index >= 15 is 0 Å². The van der Waals surface area contributed by atoms with Gasteiger partial charge in [-0.15, -0.1) is 0 Å². The topological polar surface area (TPSA) is 79.6 Å². The smallest absolute Gasteiger partial charge is 0.321 e. The molecule has 1 atom stereocenters. The Balaban J connectivity index is 2.51. The quantitative estimate of drug-likeness (QED) is 0.911. The molecule has 0 saturated carbocycles. The molecule has 1 aromatic heterocycles. The first-order valence-electron chi connectivity index (χ1n) is 6.58. The van der Waals surface area contributed by atoms with Crippen LogP contribution in [0.15, 0.2) is 35.4 Å². The molecule has 1 N–H and O–H groups in total. The van der Waals surface area contributed by atoms with Gasteiger partial charge in [-0.05, 0) is 31.2 Å². The molecule has 0 radical (unpaired) electrons. The van der Waals surface area contributed by atoms with E-state index in [0.29, 0.717) is 0 Å². The van der Waals surface area contributed by atoms with Crippen molar-refractivity contribution in [1.82, 2.24) is 8.87 Å². The molecule has 1 heterocycles. The highest BCUT2D eigenvalue weighted by molar-refractivity contribution is 7.89. The number of carbonyl (C=O) groups is 1. The molecule has 0 spiro atoms. The van der Waals surface area contributed by atoms with Crippen LogP contribution in [0, 0.1) is 0 Å². The van der Waals surface area contributed by atoms with Gasteiger partial charge in [-0.3, -0.25) is 4.79 Å². The van der Waals surface area contributed by atoms with Gasteiger partial charge in [0.2, 0.25) is 10.0 Å². The Morgan fingerprint density at radius 1 is 1.38 bits per heavy atom. The highest BCUT2D eigenvalue weighted by Gasteiger charge is 2.31. The van der Waals surface area contributed by atoms with Crippen LogP contribution in [0.5, 0.6) is 0 Å². The molecule has 2 aromatic rings. The van der Waals surface area contributed by atoms with E-state index in [2.05, 4.69) is 0 Å². The Labute approximate surface area is 123 Å². The lowest BCUT2D eigenvalue weighted by molar-refractivity contribution is -0.140. The molecule has 114 valence electrons. The van der Waals surface area contributed by atoms with Crippen LogP contribution < -0.4 is 0 Å². The fourth-order valence-corrected chi connectivity index (χ4v) is 3.96. The number of nitrogens with zero attached hydrogens (tertiary/aromatic N) is 2. The lowest BCUT2D eigenvalue weighted by atomic mass is 10.2. The maximum Gasteiger partial charge on any atom is 0.321 e. The second-order valence-electron chi connectivity index (χ2n) is 4.87. The zero-order valence-corrected chi connectivity index (χ0v) is 13.0. The van der Waals surface area contributed by atoms with Crippen molar-refractivity contribution in [2.45, 2.75) is 24.8 Å². The number of aryl methyl sites for hydroxylation is 1. The van der Waals surface area contributed by atoms with Crippen LogP contribution in [0.1, 0.15) is 13.8 Å². The van der Waals surface area contributed by atoms with Gasteiger partial charge in [0.15, 0.2) is 0 Å². The normalized spacial score (nSPS) is 13.7. The third-order valence-corrected chi connectivity index (χ3v) is 5.61. The second kappa shape index (κ2) is 5.50. The Kier molecular flexibility index (Phi) is 4.06. The average molecular weight is 310 g/mol. The van der Waals surface area contributed by atoms with E-state index in [1.165, 1.54) is 13.0 Å². The maximum atomic E-state index is 12.6. The minimum absolute atomic E-state index is 0.0998. The van der Waals surface area contributed by atoms with Gasteiger partial charge in [-0.2, -0.15) is 4.31 Å². The van der Waals surface area contributed by atoms with Crippen LogP contribution >= 0.6 is 0 Å². The van der Waals surface area contributed by atoms with Crippen molar-refractivity contribution in [3.8, 4) is 0 Å². The standard InChI is InChI=1S/C14H18N2O4S/c1-4-16(10(2)14(17)18)21(19,20)12-5-6-13-11(9-12)7-8-15(13)3/h5-10H,4H2,1-3H3,(H,17,18). The molecule has 1 aromatic carbocycles. The third-order valence-electron chi connectivity index (χ3n) is 3.56. The molecule has 0 aliphatic heterocycles. The average Bonchev–Trinajstić information content (AvgIpc) is 2.80. The van der Waals surface area contributed by atoms with Gasteiger partial charge in [0.05, 0.1) is 4.90 Å². The number of benzene rings is 1. The summed E-state index contributed by atoms with van der Waals surface area (Å²) in [6.45, 7) is 3.09. The molecule has 0 bridgehead atoms. The summed E-state index contributed by atoms with van der Waals surface area (Å²) in [7, 11) is -1.96. The summed E-state index contributed by atoms with van der Waals surface area (Å²) >= 11 is 0. The molecule has 0 aliphatic rings. The first-order chi connectivity index (χ1) is 9.78. The summed E-state index contributed by atoms with van der Waals surface area (Å²) in [6.07, 6.45) is 1.85. The molecule has 6 nitrogen and oxygen atoms in total. The number of aliphatic carboxylic acids is 1. The largest absolute Gasteiger partial charge is 0.480 e. The zero-order valence-electron chi connectivity index (χ0n) is 12.1. The summed E-state index contributed by atoms with van der Waals surface area (Å²) in [6, 6.07) is 5.52.